The fourth-order valence-corrected chi connectivity index (χ4v) is 3.60. The molecule has 7 nitrogen and oxygen atoms in total. The lowest BCUT2D eigenvalue weighted by atomic mass is 10.0. The maximum Gasteiger partial charge on any atom is 0.228 e. The Morgan fingerprint density at radius 3 is 2.54 bits per heavy atom. The van der Waals surface area contributed by atoms with E-state index in [1.54, 1.807) is 14.2 Å². The summed E-state index contributed by atoms with van der Waals surface area (Å²) in [6.07, 6.45) is 3.70. The van der Waals surface area contributed by atoms with E-state index in [-0.39, 0.29) is 12.2 Å². The van der Waals surface area contributed by atoms with Crippen molar-refractivity contribution in [1.82, 2.24) is 9.97 Å². The molecule has 154 valence electrons. The van der Waals surface area contributed by atoms with Gasteiger partial charge in [0.2, 0.25) is 5.95 Å². The topological polar surface area (TPSA) is 82.7 Å². The van der Waals surface area contributed by atoms with Gasteiger partial charge in [-0.3, -0.25) is 0 Å². The van der Waals surface area contributed by atoms with Crippen LogP contribution < -0.4 is 20.1 Å². The number of nitrogen functional groups attached to an aromatic ring is 1. The van der Waals surface area contributed by atoms with E-state index in [1.165, 1.54) is 0 Å². The second kappa shape index (κ2) is 8.82. The molecule has 0 unspecified atom stereocenters. The number of morpholine rings is 1. The van der Waals surface area contributed by atoms with Gasteiger partial charge in [-0.05, 0) is 18.4 Å². The lowest BCUT2D eigenvalue weighted by Gasteiger charge is -2.40. The largest absolute Gasteiger partial charge is 0.493 e. The number of fused-ring (bicyclic) bond motifs is 1. The van der Waals surface area contributed by atoms with Crippen LogP contribution in [0.25, 0.3) is 10.9 Å². The second-order valence-electron chi connectivity index (χ2n) is 7.72. The van der Waals surface area contributed by atoms with Crippen molar-refractivity contribution in [3.63, 3.8) is 0 Å². The van der Waals surface area contributed by atoms with Crippen LogP contribution in [0.15, 0.2) is 12.1 Å². The Kier molecular flexibility index (Phi) is 6.44. The van der Waals surface area contributed by atoms with Crippen molar-refractivity contribution in [2.75, 3.05) is 37.9 Å². The number of unbranched alkanes of at least 4 members (excludes halogenated alkanes) is 1. The van der Waals surface area contributed by atoms with Crippen molar-refractivity contribution in [2.24, 2.45) is 5.92 Å². The molecular weight excluding hydrogens is 356 g/mol. The van der Waals surface area contributed by atoms with Crippen molar-refractivity contribution in [3.8, 4) is 11.5 Å². The third-order valence-corrected chi connectivity index (χ3v) is 5.32. The SMILES string of the molecule is CCCC[C@@H]1CN(c2nc(N)c3cc(OC)c(OC)cc3n2)C[C@H](C(C)C)O1. The molecule has 2 heterocycles. The molecule has 2 atom stereocenters. The first-order valence-corrected chi connectivity index (χ1v) is 10.1. The third kappa shape index (κ3) is 4.24. The predicted octanol–water partition coefficient (Wildman–Crippen LogP) is 3.65. The van der Waals surface area contributed by atoms with Crippen LogP contribution in [0.3, 0.4) is 0 Å². The average molecular weight is 389 g/mol. The molecule has 1 fully saturated rings. The van der Waals surface area contributed by atoms with Gasteiger partial charge in [0.25, 0.3) is 0 Å². The van der Waals surface area contributed by atoms with Gasteiger partial charge in [-0.25, -0.2) is 4.98 Å². The Bertz CT molecular complexity index is 812. The van der Waals surface area contributed by atoms with Crippen LogP contribution in [-0.2, 0) is 4.74 Å². The molecule has 0 amide bonds. The molecule has 3 rings (SSSR count). The molecule has 1 saturated heterocycles. The van der Waals surface area contributed by atoms with E-state index in [1.807, 2.05) is 12.1 Å². The molecule has 28 heavy (non-hydrogen) atoms. The number of ether oxygens (including phenoxy) is 3. The zero-order valence-corrected chi connectivity index (χ0v) is 17.6. The first-order valence-electron chi connectivity index (χ1n) is 10.1. The molecule has 7 heteroatoms. The summed E-state index contributed by atoms with van der Waals surface area (Å²) < 4.78 is 17.1. The minimum Gasteiger partial charge on any atom is -0.493 e. The lowest BCUT2D eigenvalue weighted by Crippen LogP contribution is -2.50. The van der Waals surface area contributed by atoms with E-state index >= 15 is 0 Å². The van der Waals surface area contributed by atoms with E-state index < -0.39 is 0 Å². The Labute approximate surface area is 167 Å². The minimum absolute atomic E-state index is 0.154. The summed E-state index contributed by atoms with van der Waals surface area (Å²) in [5.41, 5.74) is 7.03. The third-order valence-electron chi connectivity index (χ3n) is 5.32. The Morgan fingerprint density at radius 2 is 1.89 bits per heavy atom. The van der Waals surface area contributed by atoms with Gasteiger partial charge in [0.1, 0.15) is 5.82 Å². The number of rotatable bonds is 7. The van der Waals surface area contributed by atoms with E-state index in [0.717, 1.165) is 43.3 Å². The summed E-state index contributed by atoms with van der Waals surface area (Å²) in [4.78, 5) is 11.6. The summed E-state index contributed by atoms with van der Waals surface area (Å²) >= 11 is 0. The zero-order valence-electron chi connectivity index (χ0n) is 17.6. The molecule has 0 aliphatic carbocycles. The molecule has 0 saturated carbocycles. The summed E-state index contributed by atoms with van der Waals surface area (Å²) in [5.74, 6) is 2.76. The quantitative estimate of drug-likeness (QED) is 0.775. The lowest BCUT2D eigenvalue weighted by molar-refractivity contribution is -0.0523. The van der Waals surface area contributed by atoms with Gasteiger partial charge >= 0.3 is 0 Å². The Morgan fingerprint density at radius 1 is 1.18 bits per heavy atom. The summed E-state index contributed by atoms with van der Waals surface area (Å²) in [5, 5.41) is 0.762. The van der Waals surface area contributed by atoms with Crippen LogP contribution in [0.4, 0.5) is 11.8 Å². The van der Waals surface area contributed by atoms with Gasteiger partial charge in [-0.1, -0.05) is 33.6 Å². The first-order chi connectivity index (χ1) is 13.5. The summed E-state index contributed by atoms with van der Waals surface area (Å²) in [7, 11) is 3.22. The van der Waals surface area contributed by atoms with Gasteiger partial charge < -0.3 is 24.8 Å². The minimum atomic E-state index is 0.154. The van der Waals surface area contributed by atoms with Gasteiger partial charge in [0.05, 0.1) is 31.9 Å². The van der Waals surface area contributed by atoms with Crippen LogP contribution >= 0.6 is 0 Å². The number of aromatic nitrogens is 2. The van der Waals surface area contributed by atoms with Crippen molar-refractivity contribution >= 4 is 22.7 Å². The van der Waals surface area contributed by atoms with Gasteiger partial charge in [-0.15, -0.1) is 0 Å². The molecule has 1 aromatic carbocycles. The van der Waals surface area contributed by atoms with Crippen LogP contribution in [0.1, 0.15) is 40.0 Å². The van der Waals surface area contributed by atoms with Crippen LogP contribution in [0.5, 0.6) is 11.5 Å². The fourth-order valence-electron chi connectivity index (χ4n) is 3.60. The first kappa shape index (κ1) is 20.5. The number of methoxy groups -OCH3 is 2. The molecule has 1 aliphatic heterocycles. The molecule has 0 bridgehead atoms. The number of anilines is 2. The number of benzene rings is 1. The number of hydrogen-bond donors (Lipinski definition) is 1. The maximum atomic E-state index is 6.32. The average Bonchev–Trinajstić information content (AvgIpc) is 2.70. The number of nitrogens with two attached hydrogens (primary N) is 1. The number of hydrogen-bond acceptors (Lipinski definition) is 7. The van der Waals surface area contributed by atoms with Gasteiger partial charge in [0, 0.05) is 24.5 Å². The molecule has 1 aliphatic rings. The monoisotopic (exact) mass is 388 g/mol. The molecule has 1 aromatic heterocycles. The number of nitrogens with zero attached hydrogens (tertiary/aromatic N) is 3. The normalized spacial score (nSPS) is 20.0. The maximum absolute atomic E-state index is 6.32. The standard InChI is InChI=1S/C21H32N4O3/c1-6-7-8-14-11-25(12-19(28-14)13(2)3)21-23-16-10-18(27-5)17(26-4)9-15(16)20(22)24-21/h9-10,13-14,19H,6-8,11-12H2,1-5H3,(H2,22,23,24)/t14-,19-/m1/s1. The Hall–Kier alpha value is -2.28. The summed E-state index contributed by atoms with van der Waals surface area (Å²) in [6.45, 7) is 8.13. The molecule has 2 N–H and O–H groups in total. The zero-order chi connectivity index (χ0) is 20.3. The second-order valence-corrected chi connectivity index (χ2v) is 7.72. The highest BCUT2D eigenvalue weighted by Gasteiger charge is 2.31. The van der Waals surface area contributed by atoms with Crippen molar-refractivity contribution in [1.29, 1.82) is 0 Å². The van der Waals surface area contributed by atoms with E-state index in [0.29, 0.717) is 29.2 Å². The summed E-state index contributed by atoms with van der Waals surface area (Å²) in [6, 6.07) is 3.68. The van der Waals surface area contributed by atoms with E-state index in [4.69, 9.17) is 24.9 Å². The molecule has 2 aromatic rings. The van der Waals surface area contributed by atoms with Crippen molar-refractivity contribution < 1.29 is 14.2 Å². The van der Waals surface area contributed by atoms with Crippen LogP contribution in [0, 0.1) is 5.92 Å². The highest BCUT2D eigenvalue weighted by Crippen LogP contribution is 2.34. The van der Waals surface area contributed by atoms with E-state index in [9.17, 15) is 0 Å². The smallest absolute Gasteiger partial charge is 0.228 e. The fraction of sp³-hybridized carbons (Fsp3) is 0.619. The molecular formula is C21H32N4O3. The van der Waals surface area contributed by atoms with Gasteiger partial charge in [0.15, 0.2) is 11.5 Å². The van der Waals surface area contributed by atoms with Crippen molar-refractivity contribution in [3.05, 3.63) is 12.1 Å². The van der Waals surface area contributed by atoms with Crippen LogP contribution in [0.2, 0.25) is 0 Å². The predicted molar refractivity (Wildman–Crippen MR) is 112 cm³/mol. The van der Waals surface area contributed by atoms with E-state index in [2.05, 4.69) is 30.7 Å². The highest BCUT2D eigenvalue weighted by molar-refractivity contribution is 5.91. The Balaban J connectivity index is 1.96. The van der Waals surface area contributed by atoms with Crippen LogP contribution in [-0.4, -0.2) is 49.5 Å². The molecule has 0 spiro atoms. The molecule has 0 radical (unpaired) electrons. The van der Waals surface area contributed by atoms with Crippen molar-refractivity contribution in [2.45, 2.75) is 52.2 Å². The van der Waals surface area contributed by atoms with Gasteiger partial charge in [-0.2, -0.15) is 4.98 Å². The highest BCUT2D eigenvalue weighted by atomic mass is 16.5.